The summed E-state index contributed by atoms with van der Waals surface area (Å²) in [5.41, 5.74) is -0.000885. The molecule has 0 radical (unpaired) electrons. The van der Waals surface area contributed by atoms with Crippen molar-refractivity contribution in [1.29, 1.82) is 0 Å². The summed E-state index contributed by atoms with van der Waals surface area (Å²) in [6.07, 6.45) is -13.6. The Bertz CT molecular complexity index is 1680. The molecule has 7 N–H and O–H groups in total. The van der Waals surface area contributed by atoms with Gasteiger partial charge in [0.05, 0.1) is 38.2 Å². The maximum absolute atomic E-state index is 13.8. The molecule has 1 aliphatic heterocycles. The highest BCUT2D eigenvalue weighted by molar-refractivity contribution is 5.98. The molecule has 0 aliphatic carbocycles. The van der Waals surface area contributed by atoms with E-state index in [1.54, 1.807) is 11.4 Å². The molecule has 0 saturated carbocycles. The lowest BCUT2D eigenvalue weighted by Crippen LogP contribution is -2.62. The minimum Gasteiger partial charge on any atom is -0.481 e. The number of carbonyl (C=O) groups is 9. The Morgan fingerprint density at radius 3 is 1.60 bits per heavy atom. The van der Waals surface area contributed by atoms with Gasteiger partial charge in [-0.1, -0.05) is 18.2 Å². The van der Waals surface area contributed by atoms with Gasteiger partial charge in [0.2, 0.25) is 23.6 Å². The Labute approximate surface area is 336 Å². The van der Waals surface area contributed by atoms with Crippen LogP contribution in [0.2, 0.25) is 0 Å². The van der Waals surface area contributed by atoms with E-state index in [9.17, 15) is 84.8 Å². The first-order valence-corrected chi connectivity index (χ1v) is 17.7. The van der Waals surface area contributed by atoms with Gasteiger partial charge >= 0.3 is 36.2 Å². The number of aliphatic carboxylic acids is 3. The first kappa shape index (κ1) is 50.3. The van der Waals surface area contributed by atoms with Gasteiger partial charge in [-0.25, -0.2) is 4.79 Å². The van der Waals surface area contributed by atoms with Crippen LogP contribution in [0.4, 0.5) is 26.3 Å². The number of alkyl halides is 6. The van der Waals surface area contributed by atoms with Gasteiger partial charge in [0.15, 0.2) is 18.3 Å². The highest BCUT2D eigenvalue weighted by Crippen LogP contribution is 2.41. The van der Waals surface area contributed by atoms with Crippen LogP contribution in [0.5, 0.6) is 0 Å². The summed E-state index contributed by atoms with van der Waals surface area (Å²) >= 11 is 0. The van der Waals surface area contributed by atoms with E-state index in [2.05, 4.69) is 0 Å². The van der Waals surface area contributed by atoms with E-state index >= 15 is 0 Å². The number of carbonyl (C=O) groups excluding carboxylic acids is 6. The number of ketones is 1. The lowest BCUT2D eigenvalue weighted by molar-refractivity contribution is -0.289. The van der Waals surface area contributed by atoms with Crippen molar-refractivity contribution in [3.63, 3.8) is 0 Å². The van der Waals surface area contributed by atoms with Crippen molar-refractivity contribution in [3.8, 4) is 0 Å². The van der Waals surface area contributed by atoms with Crippen LogP contribution in [-0.2, 0) is 43.1 Å². The second-order valence-electron chi connectivity index (χ2n) is 13.3. The average molecular weight is 872 g/mol. The predicted molar refractivity (Wildman–Crippen MR) is 189 cm³/mol. The van der Waals surface area contributed by atoms with Crippen molar-refractivity contribution in [2.24, 2.45) is 5.92 Å². The molecule has 3 unspecified atom stereocenters. The molecule has 1 heterocycles. The molecule has 3 atom stereocenters. The number of carboxylic acid groups (broad SMARTS) is 3. The molecule has 60 heavy (non-hydrogen) atoms. The summed E-state index contributed by atoms with van der Waals surface area (Å²) in [4.78, 5) is 114. The number of carboxylic acids is 3. The number of benzene rings is 1. The minimum atomic E-state index is -6.23. The lowest BCUT2D eigenvalue weighted by Gasteiger charge is -2.31. The van der Waals surface area contributed by atoms with E-state index in [-0.39, 0.29) is 44.8 Å². The number of Topliss-reactive ketones (excluding diaryl/α,β-unsaturated/α-hetero) is 1. The summed E-state index contributed by atoms with van der Waals surface area (Å²) in [5, 5.41) is 34.3. The molecular formula is C34H43F6N7O13. The van der Waals surface area contributed by atoms with Crippen LogP contribution in [-0.4, -0.2) is 186 Å². The molecule has 1 aliphatic rings. The lowest BCUT2D eigenvalue weighted by atomic mass is 9.96. The predicted octanol–water partition coefficient (Wildman–Crippen LogP) is -1.69. The number of halogens is 6. The van der Waals surface area contributed by atoms with Crippen molar-refractivity contribution < 1.29 is 89.5 Å². The zero-order chi connectivity index (χ0) is 45.4. The van der Waals surface area contributed by atoms with Gasteiger partial charge in [-0.15, -0.1) is 0 Å². The van der Waals surface area contributed by atoms with Crippen LogP contribution in [0.1, 0.15) is 23.7 Å². The number of esters is 1. The first-order valence-electron chi connectivity index (χ1n) is 17.7. The average Bonchev–Trinajstić information content (AvgIpc) is 3.21. The molecule has 1 saturated heterocycles. The standard InChI is InChI=1S/C34H43F6N7O13/c1-19(30(57)43-21(13-25(51)52)22(48)18-60-32(59)20-5-3-2-4-6-20)42-31(58)28(29(33(35,36)37)34(38,39)40)44-23(49)14-41-24(50)15-45-7-9-46(16-26(53)54)11-12-47(10-8-45)17-27(55)56/h2-6,19,21,28-29H,7-18H2,1H3,(H,41,50)(H,42,58)(H,43,57)(H,44,49)(H,51,52)(H,53,54)(H,55,56). The number of nitrogens with one attached hydrogen (secondary N) is 4. The summed E-state index contributed by atoms with van der Waals surface area (Å²) in [6.45, 7) is -2.39. The van der Waals surface area contributed by atoms with Crippen LogP contribution < -0.4 is 21.3 Å². The molecule has 4 amide bonds. The maximum Gasteiger partial charge on any atom is 0.403 e. The largest absolute Gasteiger partial charge is 0.481 e. The van der Waals surface area contributed by atoms with Crippen LogP contribution in [0.25, 0.3) is 0 Å². The van der Waals surface area contributed by atoms with E-state index in [4.69, 9.17) is 4.74 Å². The van der Waals surface area contributed by atoms with Crippen LogP contribution in [0.15, 0.2) is 30.3 Å². The zero-order valence-corrected chi connectivity index (χ0v) is 31.7. The van der Waals surface area contributed by atoms with Gasteiger partial charge < -0.3 is 41.3 Å². The molecule has 26 heteroatoms. The monoisotopic (exact) mass is 871 g/mol. The van der Waals surface area contributed by atoms with E-state index in [0.717, 1.165) is 6.92 Å². The van der Waals surface area contributed by atoms with Crippen LogP contribution in [0, 0.1) is 5.92 Å². The van der Waals surface area contributed by atoms with Crippen molar-refractivity contribution in [3.05, 3.63) is 35.9 Å². The third-order valence-corrected chi connectivity index (χ3v) is 8.56. The Morgan fingerprint density at radius 1 is 0.667 bits per heavy atom. The van der Waals surface area contributed by atoms with Gasteiger partial charge in [0, 0.05) is 39.3 Å². The summed E-state index contributed by atoms with van der Waals surface area (Å²) in [6, 6.07) is -0.410. The quantitative estimate of drug-likeness (QED) is 0.0569. The zero-order valence-electron chi connectivity index (χ0n) is 31.7. The SMILES string of the molecule is CC(NC(=O)C(NC(=O)CNC(=O)CN1CCN(CC(=O)O)CCN(CC(=O)O)CC1)C(C(F)(F)F)C(F)(F)F)C(=O)NC(CC(=O)O)C(=O)COC(=O)c1ccccc1. The van der Waals surface area contributed by atoms with Crippen molar-refractivity contribution in [2.75, 3.05) is 72.1 Å². The summed E-state index contributed by atoms with van der Waals surface area (Å²) < 4.78 is 87.9. The van der Waals surface area contributed by atoms with Gasteiger partial charge in [-0.3, -0.25) is 53.1 Å². The Morgan fingerprint density at radius 2 is 1.15 bits per heavy atom. The Balaban J connectivity index is 2.16. The molecule has 0 spiro atoms. The number of nitrogens with zero attached hydrogens (tertiary/aromatic N) is 3. The van der Waals surface area contributed by atoms with Crippen LogP contribution >= 0.6 is 0 Å². The highest BCUT2D eigenvalue weighted by atomic mass is 19.4. The Kier molecular flexibility index (Phi) is 19.3. The van der Waals surface area contributed by atoms with Gasteiger partial charge in [0.25, 0.3) is 0 Å². The maximum atomic E-state index is 13.8. The fraction of sp³-hybridized carbons (Fsp3) is 0.559. The second-order valence-corrected chi connectivity index (χ2v) is 13.3. The molecule has 0 aromatic heterocycles. The summed E-state index contributed by atoms with van der Waals surface area (Å²) in [7, 11) is 0. The van der Waals surface area contributed by atoms with E-state index in [1.165, 1.54) is 44.3 Å². The molecule has 334 valence electrons. The third kappa shape index (κ3) is 17.9. The third-order valence-electron chi connectivity index (χ3n) is 8.56. The molecule has 0 bridgehead atoms. The molecular weight excluding hydrogens is 828 g/mol. The van der Waals surface area contributed by atoms with Crippen LogP contribution in [0.3, 0.4) is 0 Å². The number of rotatable bonds is 20. The number of hydrogen-bond acceptors (Lipinski definition) is 13. The second kappa shape index (κ2) is 23.0. The van der Waals surface area contributed by atoms with Gasteiger partial charge in [-0.2, -0.15) is 26.3 Å². The number of amides is 4. The van der Waals surface area contributed by atoms with E-state index in [0.29, 0.717) is 0 Å². The van der Waals surface area contributed by atoms with Crippen molar-refractivity contribution in [2.45, 2.75) is 43.8 Å². The first-order chi connectivity index (χ1) is 27.9. The molecule has 1 aromatic rings. The smallest absolute Gasteiger partial charge is 0.403 e. The van der Waals surface area contributed by atoms with Gasteiger partial charge in [0.1, 0.15) is 18.1 Å². The number of ether oxygens (including phenoxy) is 1. The van der Waals surface area contributed by atoms with Gasteiger partial charge in [-0.05, 0) is 19.1 Å². The molecule has 1 aromatic carbocycles. The van der Waals surface area contributed by atoms with Crippen molar-refractivity contribution in [1.82, 2.24) is 36.0 Å². The molecule has 2 rings (SSSR count). The van der Waals surface area contributed by atoms with Crippen molar-refractivity contribution >= 4 is 53.3 Å². The normalized spacial score (nSPS) is 16.1. The topological polar surface area (TPSA) is 281 Å². The minimum absolute atomic E-state index is 0.000885. The fourth-order valence-corrected chi connectivity index (χ4v) is 5.55. The van der Waals surface area contributed by atoms with E-state index < -0.39 is 129 Å². The Hall–Kier alpha value is -5.89. The molecule has 20 nitrogen and oxygen atoms in total. The summed E-state index contributed by atoms with van der Waals surface area (Å²) in [5.74, 6) is -17.2. The number of hydrogen-bond donors (Lipinski definition) is 7. The fourth-order valence-electron chi connectivity index (χ4n) is 5.55. The van der Waals surface area contributed by atoms with E-state index in [1.807, 2.05) is 10.6 Å². The highest BCUT2D eigenvalue weighted by Gasteiger charge is 2.62. The molecule has 1 fully saturated rings.